The van der Waals surface area contributed by atoms with Gasteiger partial charge in [0.1, 0.15) is 0 Å². The molecule has 0 radical (unpaired) electrons. The zero-order valence-electron chi connectivity index (χ0n) is 18.3. The SMILES string of the molecule is O=C(c1ccc(C/C=C\c2ccccc2)cc1)C(C1CCCCC1)C1CCCCC1. The van der Waals surface area contributed by atoms with Crippen LogP contribution in [0.2, 0.25) is 0 Å². The molecule has 0 saturated heterocycles. The summed E-state index contributed by atoms with van der Waals surface area (Å²) in [6, 6.07) is 18.9. The Kier molecular flexibility index (Phi) is 7.56. The van der Waals surface area contributed by atoms with Crippen LogP contribution in [0.3, 0.4) is 0 Å². The van der Waals surface area contributed by atoms with Crippen molar-refractivity contribution in [2.45, 2.75) is 70.6 Å². The average molecular weight is 401 g/mol. The van der Waals surface area contributed by atoms with Crippen molar-refractivity contribution < 1.29 is 4.79 Å². The largest absolute Gasteiger partial charge is 0.294 e. The minimum Gasteiger partial charge on any atom is -0.294 e. The van der Waals surface area contributed by atoms with Gasteiger partial charge < -0.3 is 0 Å². The molecule has 2 aliphatic carbocycles. The lowest BCUT2D eigenvalue weighted by Crippen LogP contribution is -2.33. The first-order valence-corrected chi connectivity index (χ1v) is 12.2. The first kappa shape index (κ1) is 21.1. The van der Waals surface area contributed by atoms with Gasteiger partial charge in [-0.1, -0.05) is 105 Å². The van der Waals surface area contributed by atoms with E-state index in [1.54, 1.807) is 0 Å². The normalized spacial score (nSPS) is 18.8. The van der Waals surface area contributed by atoms with Crippen LogP contribution >= 0.6 is 0 Å². The van der Waals surface area contributed by atoms with Gasteiger partial charge in [-0.15, -0.1) is 0 Å². The van der Waals surface area contributed by atoms with Crippen LogP contribution < -0.4 is 0 Å². The van der Waals surface area contributed by atoms with Crippen molar-refractivity contribution in [3.05, 3.63) is 77.4 Å². The summed E-state index contributed by atoms with van der Waals surface area (Å²) in [4.78, 5) is 13.6. The van der Waals surface area contributed by atoms with Crippen LogP contribution in [0.4, 0.5) is 0 Å². The molecule has 1 nitrogen and oxygen atoms in total. The smallest absolute Gasteiger partial charge is 0.166 e. The van der Waals surface area contributed by atoms with E-state index in [-0.39, 0.29) is 5.92 Å². The number of carbonyl (C=O) groups excluding carboxylic acids is 1. The van der Waals surface area contributed by atoms with Crippen molar-refractivity contribution in [3.8, 4) is 0 Å². The highest BCUT2D eigenvalue weighted by Crippen LogP contribution is 2.41. The van der Waals surface area contributed by atoms with Crippen LogP contribution in [0.15, 0.2) is 60.7 Å². The lowest BCUT2D eigenvalue weighted by atomic mass is 9.67. The minimum atomic E-state index is 0.259. The highest BCUT2D eigenvalue weighted by molar-refractivity contribution is 5.98. The molecule has 30 heavy (non-hydrogen) atoms. The molecule has 0 amide bonds. The Morgan fingerprint density at radius 3 is 1.90 bits per heavy atom. The van der Waals surface area contributed by atoms with Gasteiger partial charge in [0.25, 0.3) is 0 Å². The van der Waals surface area contributed by atoms with Gasteiger partial charge in [-0.3, -0.25) is 4.79 Å². The highest BCUT2D eigenvalue weighted by atomic mass is 16.1. The fraction of sp³-hybridized carbons (Fsp3) is 0.483. The molecule has 2 fully saturated rings. The van der Waals surface area contributed by atoms with Gasteiger partial charge in [0.15, 0.2) is 5.78 Å². The maximum Gasteiger partial charge on any atom is 0.166 e. The van der Waals surface area contributed by atoms with E-state index in [1.807, 2.05) is 6.07 Å². The Labute approximate surface area is 182 Å². The third-order valence-corrected chi connectivity index (χ3v) is 7.32. The van der Waals surface area contributed by atoms with Gasteiger partial charge >= 0.3 is 0 Å². The molecule has 2 aromatic rings. The minimum absolute atomic E-state index is 0.259. The molecule has 158 valence electrons. The molecule has 1 heteroatoms. The molecule has 0 unspecified atom stereocenters. The van der Waals surface area contributed by atoms with Gasteiger partial charge in [0, 0.05) is 11.5 Å². The first-order valence-electron chi connectivity index (χ1n) is 12.2. The number of hydrogen-bond donors (Lipinski definition) is 0. The summed E-state index contributed by atoms with van der Waals surface area (Å²) in [5, 5.41) is 0. The average Bonchev–Trinajstić information content (AvgIpc) is 2.82. The van der Waals surface area contributed by atoms with Crippen molar-refractivity contribution in [2.24, 2.45) is 17.8 Å². The van der Waals surface area contributed by atoms with Crippen LogP contribution in [0, 0.1) is 17.8 Å². The third-order valence-electron chi connectivity index (χ3n) is 7.32. The Morgan fingerprint density at radius 2 is 1.33 bits per heavy atom. The molecule has 0 atom stereocenters. The number of rotatable bonds is 7. The van der Waals surface area contributed by atoms with Gasteiger partial charge in [-0.2, -0.15) is 0 Å². The lowest BCUT2D eigenvalue weighted by molar-refractivity contribution is 0.0710. The summed E-state index contributed by atoms with van der Waals surface area (Å²) < 4.78 is 0. The molecule has 2 saturated carbocycles. The fourth-order valence-electron chi connectivity index (χ4n) is 5.69. The second kappa shape index (κ2) is 10.8. The standard InChI is InChI=1S/C29H36O/c30-29(28(25-15-6-2-7-16-25)26-17-8-3-9-18-26)27-21-19-24(20-22-27)14-10-13-23-11-4-1-5-12-23/h1,4-5,10-13,19-22,25-26,28H,2-3,6-9,14-18H2/b13-10-. The molecular weight excluding hydrogens is 364 g/mol. The van der Waals surface area contributed by atoms with E-state index in [1.165, 1.54) is 75.3 Å². The summed E-state index contributed by atoms with van der Waals surface area (Å²) in [5.74, 6) is 1.92. The zero-order valence-corrected chi connectivity index (χ0v) is 18.3. The van der Waals surface area contributed by atoms with E-state index >= 15 is 0 Å². The summed E-state index contributed by atoms with van der Waals surface area (Å²) in [5.41, 5.74) is 3.43. The Morgan fingerprint density at radius 1 is 0.767 bits per heavy atom. The van der Waals surface area contributed by atoms with E-state index in [0.29, 0.717) is 17.6 Å². The molecule has 2 aromatic carbocycles. The number of carbonyl (C=O) groups is 1. The van der Waals surface area contributed by atoms with Gasteiger partial charge in [0.2, 0.25) is 0 Å². The number of benzene rings is 2. The van der Waals surface area contributed by atoms with Crippen LogP contribution in [0.25, 0.3) is 6.08 Å². The number of Topliss-reactive ketones (excluding diaryl/α,β-unsaturated/α-hetero) is 1. The molecule has 0 bridgehead atoms. The highest BCUT2D eigenvalue weighted by Gasteiger charge is 2.36. The monoisotopic (exact) mass is 400 g/mol. The third kappa shape index (κ3) is 5.50. The number of hydrogen-bond acceptors (Lipinski definition) is 1. The van der Waals surface area contributed by atoms with Crippen molar-refractivity contribution in [3.63, 3.8) is 0 Å². The molecule has 0 heterocycles. The maximum absolute atomic E-state index is 13.6. The maximum atomic E-state index is 13.6. The quantitative estimate of drug-likeness (QED) is 0.432. The van der Waals surface area contributed by atoms with Crippen LogP contribution in [-0.2, 0) is 6.42 Å². The van der Waals surface area contributed by atoms with Crippen LogP contribution in [0.1, 0.15) is 85.7 Å². The lowest BCUT2D eigenvalue weighted by Gasteiger charge is -2.37. The molecular formula is C29H36O. The second-order valence-electron chi connectivity index (χ2n) is 9.40. The fourth-order valence-corrected chi connectivity index (χ4v) is 5.69. The summed E-state index contributed by atoms with van der Waals surface area (Å²) in [6.45, 7) is 0. The first-order chi connectivity index (χ1) is 14.8. The predicted octanol–water partition coefficient (Wildman–Crippen LogP) is 7.90. The Balaban J connectivity index is 1.44. The van der Waals surface area contributed by atoms with E-state index in [0.717, 1.165) is 12.0 Å². The van der Waals surface area contributed by atoms with E-state index in [4.69, 9.17) is 0 Å². The van der Waals surface area contributed by atoms with Crippen molar-refractivity contribution in [1.82, 2.24) is 0 Å². The topological polar surface area (TPSA) is 17.1 Å². The summed E-state index contributed by atoms with van der Waals surface area (Å²) >= 11 is 0. The van der Waals surface area contributed by atoms with E-state index < -0.39 is 0 Å². The Hall–Kier alpha value is -2.15. The molecule has 0 N–H and O–H groups in total. The van der Waals surface area contributed by atoms with Crippen molar-refractivity contribution >= 4 is 11.9 Å². The molecule has 2 aliphatic rings. The van der Waals surface area contributed by atoms with Gasteiger partial charge in [-0.05, 0) is 55.1 Å². The van der Waals surface area contributed by atoms with Gasteiger partial charge in [-0.25, -0.2) is 0 Å². The van der Waals surface area contributed by atoms with Gasteiger partial charge in [0.05, 0.1) is 0 Å². The number of allylic oxidation sites excluding steroid dienone is 1. The molecule has 4 rings (SSSR count). The zero-order chi connectivity index (χ0) is 20.6. The second-order valence-corrected chi connectivity index (χ2v) is 9.40. The number of ketones is 1. The van der Waals surface area contributed by atoms with Crippen LogP contribution in [-0.4, -0.2) is 5.78 Å². The molecule has 0 aromatic heterocycles. The van der Waals surface area contributed by atoms with Crippen LogP contribution in [0.5, 0.6) is 0 Å². The predicted molar refractivity (Wildman–Crippen MR) is 127 cm³/mol. The molecule has 0 aliphatic heterocycles. The molecule has 0 spiro atoms. The van der Waals surface area contributed by atoms with Crippen molar-refractivity contribution in [1.29, 1.82) is 0 Å². The summed E-state index contributed by atoms with van der Waals surface area (Å²) in [7, 11) is 0. The Bertz CT molecular complexity index is 787. The van der Waals surface area contributed by atoms with Crippen molar-refractivity contribution in [2.75, 3.05) is 0 Å². The summed E-state index contributed by atoms with van der Waals surface area (Å²) in [6.07, 6.45) is 18.3. The van der Waals surface area contributed by atoms with E-state index in [2.05, 4.69) is 60.7 Å². The van der Waals surface area contributed by atoms with E-state index in [9.17, 15) is 4.79 Å².